The van der Waals surface area contributed by atoms with E-state index in [2.05, 4.69) is 4.98 Å². The van der Waals surface area contributed by atoms with Crippen molar-refractivity contribution in [1.29, 1.82) is 0 Å². The number of carbonyl (C=O) groups excluding carboxylic acids is 2. The van der Waals surface area contributed by atoms with Gasteiger partial charge in [0.2, 0.25) is 0 Å². The van der Waals surface area contributed by atoms with E-state index in [9.17, 15) is 14.7 Å². The van der Waals surface area contributed by atoms with Crippen molar-refractivity contribution >= 4 is 29.1 Å². The number of amides is 1. The van der Waals surface area contributed by atoms with E-state index in [1.807, 2.05) is 25.9 Å². The number of halogens is 1. The number of carbonyl (C=O) groups is 2. The third kappa shape index (κ3) is 4.89. The van der Waals surface area contributed by atoms with Gasteiger partial charge in [0, 0.05) is 24.5 Å². The standard InChI is InChI=1S/C23H26ClN3O4/c1-4-31-18-7-6-16(14-17(18)24)21(28)19-20(15-8-10-25-11-9-15)27(23(30)22(19)29)13-5-12-26(2)3/h6-11,14,20,28H,4-5,12-13H2,1-3H3/b21-19+/t20-/m1/s1. The van der Waals surface area contributed by atoms with Gasteiger partial charge in [-0.15, -0.1) is 0 Å². The summed E-state index contributed by atoms with van der Waals surface area (Å²) < 4.78 is 5.44. The number of Topliss-reactive ketones (excluding diaryl/α,β-unsaturated/α-hetero) is 1. The molecule has 31 heavy (non-hydrogen) atoms. The molecule has 0 saturated carbocycles. The predicted octanol–water partition coefficient (Wildman–Crippen LogP) is 3.51. The third-order valence-electron chi connectivity index (χ3n) is 5.07. The van der Waals surface area contributed by atoms with Crippen molar-refractivity contribution < 1.29 is 19.4 Å². The van der Waals surface area contributed by atoms with E-state index >= 15 is 0 Å². The molecule has 3 rings (SSSR count). The molecule has 1 aromatic carbocycles. The summed E-state index contributed by atoms with van der Waals surface area (Å²) in [7, 11) is 3.90. The number of aliphatic hydroxyl groups excluding tert-OH is 1. The number of benzene rings is 1. The van der Waals surface area contributed by atoms with Crippen LogP contribution < -0.4 is 4.74 Å². The molecular weight excluding hydrogens is 418 g/mol. The van der Waals surface area contributed by atoms with Gasteiger partial charge in [0.05, 0.1) is 23.2 Å². The van der Waals surface area contributed by atoms with E-state index < -0.39 is 17.7 Å². The molecule has 164 valence electrons. The van der Waals surface area contributed by atoms with Crippen LogP contribution in [0, 0.1) is 0 Å². The smallest absolute Gasteiger partial charge is 0.295 e. The second-order valence-electron chi connectivity index (χ2n) is 7.51. The number of ketones is 1. The number of pyridine rings is 1. The van der Waals surface area contributed by atoms with Gasteiger partial charge in [-0.25, -0.2) is 0 Å². The largest absolute Gasteiger partial charge is 0.507 e. The van der Waals surface area contributed by atoms with Gasteiger partial charge in [-0.2, -0.15) is 0 Å². The minimum Gasteiger partial charge on any atom is -0.507 e. The second kappa shape index (κ2) is 9.94. The van der Waals surface area contributed by atoms with Gasteiger partial charge < -0.3 is 19.6 Å². The lowest BCUT2D eigenvalue weighted by Crippen LogP contribution is -2.32. The quantitative estimate of drug-likeness (QED) is 0.382. The van der Waals surface area contributed by atoms with Crippen LogP contribution in [0.3, 0.4) is 0 Å². The molecule has 1 aliphatic heterocycles. The lowest BCUT2D eigenvalue weighted by molar-refractivity contribution is -0.139. The Balaban J connectivity index is 2.06. The molecule has 1 amide bonds. The van der Waals surface area contributed by atoms with E-state index in [1.165, 1.54) is 11.0 Å². The highest BCUT2D eigenvalue weighted by Gasteiger charge is 2.45. The second-order valence-corrected chi connectivity index (χ2v) is 7.92. The molecule has 1 fully saturated rings. The van der Waals surface area contributed by atoms with Crippen LogP contribution >= 0.6 is 11.6 Å². The van der Waals surface area contributed by atoms with Crippen molar-refractivity contribution in [3.05, 3.63) is 64.4 Å². The normalized spacial score (nSPS) is 18.1. The van der Waals surface area contributed by atoms with Crippen LogP contribution in [0.2, 0.25) is 5.02 Å². The molecule has 0 spiro atoms. The van der Waals surface area contributed by atoms with Gasteiger partial charge in [-0.3, -0.25) is 14.6 Å². The van der Waals surface area contributed by atoms with E-state index in [4.69, 9.17) is 16.3 Å². The maximum atomic E-state index is 13.0. The number of likely N-dealkylation sites (tertiary alicyclic amines) is 1. The number of hydrogen-bond donors (Lipinski definition) is 1. The fourth-order valence-corrected chi connectivity index (χ4v) is 3.87. The van der Waals surface area contributed by atoms with Crippen LogP contribution in [0.1, 0.15) is 30.5 Å². The third-order valence-corrected chi connectivity index (χ3v) is 5.37. The maximum Gasteiger partial charge on any atom is 0.295 e. The Morgan fingerprint density at radius 1 is 1.23 bits per heavy atom. The highest BCUT2D eigenvalue weighted by Crippen LogP contribution is 2.40. The molecule has 0 radical (unpaired) electrons. The van der Waals surface area contributed by atoms with Crippen molar-refractivity contribution in [2.24, 2.45) is 0 Å². The molecule has 1 saturated heterocycles. The predicted molar refractivity (Wildman–Crippen MR) is 119 cm³/mol. The molecule has 8 heteroatoms. The van der Waals surface area contributed by atoms with Gasteiger partial charge in [0.25, 0.3) is 11.7 Å². The van der Waals surface area contributed by atoms with Crippen molar-refractivity contribution in [1.82, 2.24) is 14.8 Å². The van der Waals surface area contributed by atoms with Crippen molar-refractivity contribution in [3.63, 3.8) is 0 Å². The van der Waals surface area contributed by atoms with Gasteiger partial charge in [-0.05, 0) is 69.9 Å². The number of hydrogen-bond acceptors (Lipinski definition) is 6. The molecule has 0 bridgehead atoms. The lowest BCUT2D eigenvalue weighted by atomic mass is 9.96. The van der Waals surface area contributed by atoms with Gasteiger partial charge in [-0.1, -0.05) is 11.6 Å². The summed E-state index contributed by atoms with van der Waals surface area (Å²) in [4.78, 5) is 33.4. The van der Waals surface area contributed by atoms with E-state index in [-0.39, 0.29) is 11.3 Å². The van der Waals surface area contributed by atoms with Gasteiger partial charge >= 0.3 is 0 Å². The average Bonchev–Trinajstić information content (AvgIpc) is 3.00. The van der Waals surface area contributed by atoms with Crippen LogP contribution in [-0.4, -0.2) is 65.4 Å². The lowest BCUT2D eigenvalue weighted by Gasteiger charge is -2.25. The Bertz CT molecular complexity index is 992. The van der Waals surface area contributed by atoms with Crippen LogP contribution in [-0.2, 0) is 9.59 Å². The topological polar surface area (TPSA) is 83.0 Å². The van der Waals surface area contributed by atoms with Crippen molar-refractivity contribution in [3.8, 4) is 5.75 Å². The fourth-order valence-electron chi connectivity index (χ4n) is 3.64. The molecule has 1 N–H and O–H groups in total. The summed E-state index contributed by atoms with van der Waals surface area (Å²) in [5.74, 6) is -1.12. The number of ether oxygens (including phenoxy) is 1. The first-order valence-electron chi connectivity index (χ1n) is 10.1. The minimum absolute atomic E-state index is 0.0429. The Morgan fingerprint density at radius 2 is 1.94 bits per heavy atom. The monoisotopic (exact) mass is 443 g/mol. The van der Waals surface area contributed by atoms with Gasteiger partial charge in [0.15, 0.2) is 0 Å². The molecule has 7 nitrogen and oxygen atoms in total. The van der Waals surface area contributed by atoms with Crippen LogP contribution in [0.4, 0.5) is 0 Å². The van der Waals surface area contributed by atoms with Crippen molar-refractivity contribution in [2.45, 2.75) is 19.4 Å². The summed E-state index contributed by atoms with van der Waals surface area (Å²) in [6, 6.07) is 7.58. The Labute approximate surface area is 186 Å². The Morgan fingerprint density at radius 3 is 2.55 bits per heavy atom. The number of rotatable bonds is 8. The SMILES string of the molecule is CCOc1ccc(/C(O)=C2\C(=O)C(=O)N(CCCN(C)C)[C@@H]2c2ccncc2)cc1Cl. The maximum absolute atomic E-state index is 13.0. The Hall–Kier alpha value is -2.90. The first kappa shape index (κ1) is 22.8. The van der Waals surface area contributed by atoms with E-state index in [0.717, 1.165) is 6.54 Å². The molecule has 1 aromatic heterocycles. The van der Waals surface area contributed by atoms with E-state index in [0.29, 0.717) is 41.5 Å². The summed E-state index contributed by atoms with van der Waals surface area (Å²) in [5, 5.41) is 11.4. The average molecular weight is 444 g/mol. The van der Waals surface area contributed by atoms with Crippen LogP contribution in [0.25, 0.3) is 5.76 Å². The highest BCUT2D eigenvalue weighted by molar-refractivity contribution is 6.46. The zero-order chi connectivity index (χ0) is 22.5. The summed E-state index contributed by atoms with van der Waals surface area (Å²) >= 11 is 6.27. The number of aromatic nitrogens is 1. The Kier molecular flexibility index (Phi) is 7.30. The number of nitrogens with zero attached hydrogens (tertiary/aromatic N) is 3. The molecule has 1 atom stereocenters. The molecule has 2 heterocycles. The minimum atomic E-state index is -0.714. The van der Waals surface area contributed by atoms with E-state index in [1.54, 1.807) is 36.7 Å². The summed E-state index contributed by atoms with van der Waals surface area (Å²) in [6.45, 7) is 3.44. The van der Waals surface area contributed by atoms with Crippen molar-refractivity contribution in [2.75, 3.05) is 33.8 Å². The fraction of sp³-hybridized carbons (Fsp3) is 0.348. The zero-order valence-corrected chi connectivity index (χ0v) is 18.6. The first-order valence-corrected chi connectivity index (χ1v) is 10.5. The number of aliphatic hydroxyl groups is 1. The molecule has 0 aliphatic carbocycles. The van der Waals surface area contributed by atoms with Crippen LogP contribution in [0.5, 0.6) is 5.75 Å². The molecule has 1 aliphatic rings. The highest BCUT2D eigenvalue weighted by atomic mass is 35.5. The molecule has 0 unspecified atom stereocenters. The summed E-state index contributed by atoms with van der Waals surface area (Å²) in [5.41, 5.74) is 1.10. The van der Waals surface area contributed by atoms with Crippen LogP contribution in [0.15, 0.2) is 48.3 Å². The zero-order valence-electron chi connectivity index (χ0n) is 17.8. The molecule has 2 aromatic rings. The molecular formula is C23H26ClN3O4. The summed E-state index contributed by atoms with van der Waals surface area (Å²) in [6.07, 6.45) is 3.89. The first-order chi connectivity index (χ1) is 14.8. The van der Waals surface area contributed by atoms with Gasteiger partial charge in [0.1, 0.15) is 11.5 Å².